The van der Waals surface area contributed by atoms with E-state index < -0.39 is 0 Å². The van der Waals surface area contributed by atoms with Crippen molar-refractivity contribution in [2.45, 2.75) is 44.9 Å². The Balaban J connectivity index is 1.82. The predicted octanol–water partition coefficient (Wildman–Crippen LogP) is 2.65. The predicted molar refractivity (Wildman–Crippen MR) is 80.8 cm³/mol. The molecule has 0 amide bonds. The molecule has 0 radical (unpaired) electrons. The maximum absolute atomic E-state index is 11.6. The molecule has 0 spiro atoms. The second-order valence-corrected chi connectivity index (χ2v) is 5.96. The van der Waals surface area contributed by atoms with Gasteiger partial charge in [-0.2, -0.15) is 0 Å². The van der Waals surface area contributed by atoms with Gasteiger partial charge in [0.15, 0.2) is 5.78 Å². The molecule has 4 nitrogen and oxygen atoms in total. The number of benzene rings is 1. The summed E-state index contributed by atoms with van der Waals surface area (Å²) in [5, 5.41) is 0. The minimum atomic E-state index is 0.0969. The summed E-state index contributed by atoms with van der Waals surface area (Å²) in [6.07, 6.45) is 4.02. The fraction of sp³-hybridized carbons (Fsp3) is 0.588. The van der Waals surface area contributed by atoms with Crippen LogP contribution in [0.2, 0.25) is 0 Å². The number of ketones is 1. The SMILES string of the molecule is COc1ccc(C(C)=O)cc1CN1CCOC2CCCC21. The van der Waals surface area contributed by atoms with Crippen LogP contribution in [-0.4, -0.2) is 43.1 Å². The molecule has 114 valence electrons. The summed E-state index contributed by atoms with van der Waals surface area (Å²) in [5.74, 6) is 0.959. The number of hydrogen-bond acceptors (Lipinski definition) is 4. The second kappa shape index (κ2) is 6.16. The number of fused-ring (bicyclic) bond motifs is 1. The van der Waals surface area contributed by atoms with Gasteiger partial charge < -0.3 is 9.47 Å². The number of ether oxygens (including phenoxy) is 2. The van der Waals surface area contributed by atoms with Crippen LogP contribution in [0.5, 0.6) is 5.75 Å². The van der Waals surface area contributed by atoms with Gasteiger partial charge in [0.25, 0.3) is 0 Å². The van der Waals surface area contributed by atoms with Crippen LogP contribution in [-0.2, 0) is 11.3 Å². The lowest BCUT2D eigenvalue weighted by Gasteiger charge is -2.37. The molecule has 2 atom stereocenters. The van der Waals surface area contributed by atoms with E-state index in [4.69, 9.17) is 9.47 Å². The molecule has 1 heterocycles. The second-order valence-electron chi connectivity index (χ2n) is 5.96. The number of hydrogen-bond donors (Lipinski definition) is 0. The Bertz CT molecular complexity index is 529. The van der Waals surface area contributed by atoms with Crippen LogP contribution in [0, 0.1) is 0 Å². The van der Waals surface area contributed by atoms with Gasteiger partial charge >= 0.3 is 0 Å². The Hall–Kier alpha value is -1.39. The van der Waals surface area contributed by atoms with Crippen LogP contribution in [0.25, 0.3) is 0 Å². The first-order valence-corrected chi connectivity index (χ1v) is 7.72. The van der Waals surface area contributed by atoms with Crippen molar-refractivity contribution in [3.63, 3.8) is 0 Å². The number of carbonyl (C=O) groups is 1. The molecular formula is C17H23NO3. The van der Waals surface area contributed by atoms with Crippen LogP contribution in [0.3, 0.4) is 0 Å². The third-order valence-corrected chi connectivity index (χ3v) is 4.66. The molecule has 0 bridgehead atoms. The Kier molecular flexibility index (Phi) is 4.27. The topological polar surface area (TPSA) is 38.8 Å². The molecule has 2 unspecified atom stereocenters. The molecule has 2 fully saturated rings. The van der Waals surface area contributed by atoms with Crippen LogP contribution in [0.1, 0.15) is 42.1 Å². The summed E-state index contributed by atoms with van der Waals surface area (Å²) >= 11 is 0. The molecule has 1 saturated carbocycles. The number of rotatable bonds is 4. The van der Waals surface area contributed by atoms with E-state index in [1.807, 2.05) is 18.2 Å². The molecule has 1 aliphatic carbocycles. The fourth-order valence-electron chi connectivity index (χ4n) is 3.54. The molecule has 1 saturated heterocycles. The van der Waals surface area contributed by atoms with Gasteiger partial charge in [0.1, 0.15) is 5.75 Å². The van der Waals surface area contributed by atoms with Crippen molar-refractivity contribution in [1.29, 1.82) is 0 Å². The molecule has 4 heteroatoms. The molecular weight excluding hydrogens is 266 g/mol. The molecule has 2 aliphatic rings. The van der Waals surface area contributed by atoms with E-state index in [-0.39, 0.29) is 5.78 Å². The molecule has 1 aliphatic heterocycles. The first kappa shape index (κ1) is 14.5. The minimum Gasteiger partial charge on any atom is -0.496 e. The Morgan fingerprint density at radius 3 is 3.05 bits per heavy atom. The van der Waals surface area contributed by atoms with E-state index in [1.165, 1.54) is 19.3 Å². The fourth-order valence-corrected chi connectivity index (χ4v) is 3.54. The number of nitrogens with zero attached hydrogens (tertiary/aromatic N) is 1. The average molecular weight is 289 g/mol. The molecule has 0 aromatic heterocycles. The van der Waals surface area contributed by atoms with Crippen molar-refractivity contribution in [1.82, 2.24) is 4.90 Å². The highest BCUT2D eigenvalue weighted by molar-refractivity contribution is 5.94. The maximum Gasteiger partial charge on any atom is 0.159 e. The summed E-state index contributed by atoms with van der Waals surface area (Å²) in [4.78, 5) is 14.1. The Morgan fingerprint density at radius 1 is 1.43 bits per heavy atom. The molecule has 0 N–H and O–H groups in total. The lowest BCUT2D eigenvalue weighted by molar-refractivity contribution is -0.0589. The van der Waals surface area contributed by atoms with Crippen molar-refractivity contribution >= 4 is 5.78 Å². The van der Waals surface area contributed by atoms with Crippen molar-refractivity contribution in [2.75, 3.05) is 20.3 Å². The van der Waals surface area contributed by atoms with Crippen LogP contribution in [0.15, 0.2) is 18.2 Å². The summed E-state index contributed by atoms with van der Waals surface area (Å²) in [6, 6.07) is 6.23. The third kappa shape index (κ3) is 2.97. The van der Waals surface area contributed by atoms with Gasteiger partial charge in [-0.15, -0.1) is 0 Å². The van der Waals surface area contributed by atoms with Gasteiger partial charge in [-0.1, -0.05) is 0 Å². The summed E-state index contributed by atoms with van der Waals surface area (Å²) in [7, 11) is 1.68. The molecule has 3 rings (SSSR count). The van der Waals surface area contributed by atoms with Gasteiger partial charge in [-0.05, 0) is 44.4 Å². The van der Waals surface area contributed by atoms with E-state index in [2.05, 4.69) is 4.90 Å². The monoisotopic (exact) mass is 289 g/mol. The minimum absolute atomic E-state index is 0.0969. The standard InChI is InChI=1S/C17H23NO3/c1-12(19)13-6-7-16(20-2)14(10-13)11-18-8-9-21-17-5-3-4-15(17)18/h6-7,10,15,17H,3-5,8-9,11H2,1-2H3. The zero-order chi connectivity index (χ0) is 14.8. The van der Waals surface area contributed by atoms with Crippen LogP contribution >= 0.6 is 0 Å². The Labute approximate surface area is 126 Å². The highest BCUT2D eigenvalue weighted by atomic mass is 16.5. The average Bonchev–Trinajstić information content (AvgIpc) is 2.96. The van der Waals surface area contributed by atoms with Gasteiger partial charge in [-0.25, -0.2) is 0 Å². The van der Waals surface area contributed by atoms with Crippen LogP contribution < -0.4 is 4.74 Å². The summed E-state index contributed by atoms with van der Waals surface area (Å²) in [5.41, 5.74) is 1.85. The number of carbonyl (C=O) groups excluding carboxylic acids is 1. The number of morpholine rings is 1. The van der Waals surface area contributed by atoms with Gasteiger partial charge in [0, 0.05) is 30.3 Å². The molecule has 1 aromatic carbocycles. The smallest absolute Gasteiger partial charge is 0.159 e. The zero-order valence-electron chi connectivity index (χ0n) is 12.8. The lowest BCUT2D eigenvalue weighted by Crippen LogP contribution is -2.47. The van der Waals surface area contributed by atoms with E-state index in [0.29, 0.717) is 12.1 Å². The van der Waals surface area contributed by atoms with Crippen molar-refractivity contribution in [3.05, 3.63) is 29.3 Å². The molecule has 21 heavy (non-hydrogen) atoms. The largest absolute Gasteiger partial charge is 0.496 e. The van der Waals surface area contributed by atoms with Gasteiger partial charge in [-0.3, -0.25) is 9.69 Å². The highest BCUT2D eigenvalue weighted by Crippen LogP contribution is 2.32. The lowest BCUT2D eigenvalue weighted by atomic mass is 10.0. The normalized spacial score (nSPS) is 25.6. The van der Waals surface area contributed by atoms with Crippen molar-refractivity contribution in [2.24, 2.45) is 0 Å². The maximum atomic E-state index is 11.6. The van der Waals surface area contributed by atoms with E-state index in [9.17, 15) is 4.79 Å². The van der Waals surface area contributed by atoms with Gasteiger partial charge in [0.05, 0.1) is 19.8 Å². The first-order valence-electron chi connectivity index (χ1n) is 7.72. The zero-order valence-corrected chi connectivity index (χ0v) is 12.8. The highest BCUT2D eigenvalue weighted by Gasteiger charge is 2.36. The third-order valence-electron chi connectivity index (χ3n) is 4.66. The first-order chi connectivity index (χ1) is 10.2. The van der Waals surface area contributed by atoms with E-state index in [0.717, 1.165) is 36.6 Å². The Morgan fingerprint density at radius 2 is 2.29 bits per heavy atom. The van der Waals surface area contributed by atoms with Crippen molar-refractivity contribution < 1.29 is 14.3 Å². The quantitative estimate of drug-likeness (QED) is 0.799. The van der Waals surface area contributed by atoms with Crippen LogP contribution in [0.4, 0.5) is 0 Å². The van der Waals surface area contributed by atoms with E-state index in [1.54, 1.807) is 14.0 Å². The number of Topliss-reactive ketones (excluding diaryl/α,β-unsaturated/α-hetero) is 1. The molecule has 1 aromatic rings. The van der Waals surface area contributed by atoms with E-state index >= 15 is 0 Å². The van der Waals surface area contributed by atoms with Crippen molar-refractivity contribution in [3.8, 4) is 5.75 Å². The van der Waals surface area contributed by atoms with Gasteiger partial charge in [0.2, 0.25) is 0 Å². The summed E-state index contributed by atoms with van der Waals surface area (Å²) < 4.78 is 11.3. The summed E-state index contributed by atoms with van der Waals surface area (Å²) in [6.45, 7) is 4.19. The number of methoxy groups -OCH3 is 1.